The van der Waals surface area contributed by atoms with E-state index in [-0.39, 0.29) is 23.3 Å². The van der Waals surface area contributed by atoms with Crippen molar-refractivity contribution < 1.29 is 22.0 Å². The van der Waals surface area contributed by atoms with Gasteiger partial charge in [0.25, 0.3) is 5.91 Å². The van der Waals surface area contributed by atoms with Crippen LogP contribution in [0.5, 0.6) is 0 Å². The first-order valence-electron chi connectivity index (χ1n) is 12.8. The van der Waals surface area contributed by atoms with Crippen molar-refractivity contribution in [3.63, 3.8) is 0 Å². The SMILES string of the molecule is CN(C(=O)c1c(F)cccc1F)c1cccc(-c2nc(N)sc2-c2ccnc(Nc3cccc(CCS(N)(=O)=O)c3)n2)c1. The number of hydrogen-bond acceptors (Lipinski definition) is 9. The molecule has 0 atom stereocenters. The number of aryl methyl sites for hydroxylation is 1. The standard InChI is InChI=1S/C29H25F2N7O3S2/c1-38(27(39)24-21(30)9-4-10-22(24)31)20-8-3-6-18(16-20)25-26(42-28(32)37-25)23-11-13-34-29(36-23)35-19-7-2-5-17(15-19)12-14-43(33,40)41/h2-11,13,15-16H,12,14H2,1H3,(H2,32,37)(H2,33,40,41)(H,34,35,36). The van der Waals surface area contributed by atoms with Crippen LogP contribution in [0.3, 0.4) is 0 Å². The summed E-state index contributed by atoms with van der Waals surface area (Å²) in [6.45, 7) is 0. The highest BCUT2D eigenvalue weighted by molar-refractivity contribution is 7.89. The Morgan fingerprint density at radius 1 is 1.00 bits per heavy atom. The lowest BCUT2D eigenvalue weighted by Crippen LogP contribution is -2.28. The average molecular weight is 622 g/mol. The highest BCUT2D eigenvalue weighted by Gasteiger charge is 2.23. The van der Waals surface area contributed by atoms with Crippen molar-refractivity contribution >= 4 is 49.7 Å². The summed E-state index contributed by atoms with van der Waals surface area (Å²) < 4.78 is 51.2. The van der Waals surface area contributed by atoms with Gasteiger partial charge in [0.05, 0.1) is 22.0 Å². The van der Waals surface area contributed by atoms with Crippen LogP contribution in [0.25, 0.3) is 21.8 Å². The summed E-state index contributed by atoms with van der Waals surface area (Å²) in [6.07, 6.45) is 1.83. The Balaban J connectivity index is 1.42. The molecule has 0 aliphatic carbocycles. The molecular weight excluding hydrogens is 596 g/mol. The molecule has 0 saturated carbocycles. The Morgan fingerprint density at radius 2 is 1.72 bits per heavy atom. The number of nitrogens with zero attached hydrogens (tertiary/aromatic N) is 4. The quantitative estimate of drug-likeness (QED) is 0.208. The van der Waals surface area contributed by atoms with Gasteiger partial charge in [0.2, 0.25) is 16.0 Å². The zero-order valence-electron chi connectivity index (χ0n) is 22.7. The fourth-order valence-corrected chi connectivity index (χ4v) is 5.64. The van der Waals surface area contributed by atoms with Crippen molar-refractivity contribution in [2.45, 2.75) is 6.42 Å². The van der Waals surface area contributed by atoms with Gasteiger partial charge in [-0.05, 0) is 54.4 Å². The average Bonchev–Trinajstić information content (AvgIpc) is 3.37. The van der Waals surface area contributed by atoms with Crippen LogP contribution >= 0.6 is 11.3 Å². The predicted molar refractivity (Wildman–Crippen MR) is 163 cm³/mol. The first-order chi connectivity index (χ1) is 20.5. The Morgan fingerprint density at radius 3 is 2.47 bits per heavy atom. The summed E-state index contributed by atoms with van der Waals surface area (Å²) in [4.78, 5) is 28.2. The molecule has 5 aromatic rings. The molecule has 14 heteroatoms. The molecular formula is C29H25F2N7O3S2. The van der Waals surface area contributed by atoms with Gasteiger partial charge in [0.1, 0.15) is 17.2 Å². The Kier molecular flexibility index (Phi) is 8.43. The molecule has 3 aromatic carbocycles. The molecule has 0 aliphatic heterocycles. The maximum absolute atomic E-state index is 14.3. The van der Waals surface area contributed by atoms with Crippen LogP contribution in [-0.2, 0) is 16.4 Å². The van der Waals surface area contributed by atoms with Gasteiger partial charge < -0.3 is 16.0 Å². The fraction of sp³-hybridized carbons (Fsp3) is 0.103. The molecule has 10 nitrogen and oxygen atoms in total. The van der Waals surface area contributed by atoms with Crippen LogP contribution in [-0.4, -0.2) is 42.1 Å². The second-order valence-corrected chi connectivity index (χ2v) is 12.2. The number of amides is 1. The number of halogens is 2. The van der Waals surface area contributed by atoms with Crippen molar-refractivity contribution in [2.24, 2.45) is 5.14 Å². The zero-order valence-corrected chi connectivity index (χ0v) is 24.3. The Hall–Kier alpha value is -4.79. The minimum atomic E-state index is -3.59. The summed E-state index contributed by atoms with van der Waals surface area (Å²) >= 11 is 1.21. The van der Waals surface area contributed by atoms with E-state index in [1.807, 2.05) is 0 Å². The van der Waals surface area contributed by atoms with Gasteiger partial charge in [-0.15, -0.1) is 0 Å². The van der Waals surface area contributed by atoms with Crippen LogP contribution in [0.2, 0.25) is 0 Å². The van der Waals surface area contributed by atoms with E-state index in [0.29, 0.717) is 33.2 Å². The molecule has 43 heavy (non-hydrogen) atoms. The number of rotatable bonds is 9. The Bertz CT molecular complexity index is 1910. The molecule has 5 rings (SSSR count). The molecule has 0 unspecified atom stereocenters. The third-order valence-corrected chi connectivity index (χ3v) is 8.06. The van der Waals surface area contributed by atoms with E-state index in [9.17, 15) is 22.0 Å². The molecule has 0 spiro atoms. The Labute approximate surface area is 250 Å². The number of benzene rings is 3. The van der Waals surface area contributed by atoms with Gasteiger partial charge in [-0.2, -0.15) is 0 Å². The molecule has 2 heterocycles. The van der Waals surface area contributed by atoms with Crippen molar-refractivity contribution in [1.82, 2.24) is 15.0 Å². The molecule has 0 fully saturated rings. The number of aromatic nitrogens is 3. The number of nitrogens with two attached hydrogens (primary N) is 2. The molecule has 2 aromatic heterocycles. The number of primary sulfonamides is 1. The summed E-state index contributed by atoms with van der Waals surface area (Å²) in [5.74, 6) is -2.64. The number of hydrogen-bond donors (Lipinski definition) is 3. The summed E-state index contributed by atoms with van der Waals surface area (Å²) in [5, 5.41) is 8.53. The van der Waals surface area contributed by atoms with Gasteiger partial charge in [-0.25, -0.2) is 37.3 Å². The van der Waals surface area contributed by atoms with Crippen LogP contribution < -0.4 is 21.1 Å². The van der Waals surface area contributed by atoms with E-state index < -0.39 is 33.1 Å². The van der Waals surface area contributed by atoms with Gasteiger partial charge in [-0.3, -0.25) is 4.79 Å². The van der Waals surface area contributed by atoms with Gasteiger partial charge in [0, 0.05) is 30.2 Å². The fourth-order valence-electron chi connectivity index (χ4n) is 4.29. The third kappa shape index (κ3) is 6.99. The normalized spacial score (nSPS) is 11.3. The van der Waals surface area contributed by atoms with E-state index in [2.05, 4.69) is 20.3 Å². The van der Waals surface area contributed by atoms with Crippen LogP contribution in [0.15, 0.2) is 79.0 Å². The lowest BCUT2D eigenvalue weighted by Gasteiger charge is -2.19. The molecule has 0 radical (unpaired) electrons. The van der Waals surface area contributed by atoms with Crippen LogP contribution in [0, 0.1) is 11.6 Å². The van der Waals surface area contributed by atoms with E-state index in [0.717, 1.165) is 22.6 Å². The van der Waals surface area contributed by atoms with Crippen molar-refractivity contribution in [3.05, 3.63) is 102 Å². The second-order valence-electron chi connectivity index (χ2n) is 9.45. The minimum absolute atomic E-state index is 0.177. The van der Waals surface area contributed by atoms with Gasteiger partial charge >= 0.3 is 0 Å². The maximum atomic E-state index is 14.3. The number of thiazole rings is 1. The predicted octanol–water partition coefficient (Wildman–Crippen LogP) is 4.98. The minimum Gasteiger partial charge on any atom is -0.375 e. The molecule has 1 amide bonds. The van der Waals surface area contributed by atoms with Crippen molar-refractivity contribution in [1.29, 1.82) is 0 Å². The number of sulfonamides is 1. The molecule has 220 valence electrons. The number of nitrogen functional groups attached to an aromatic ring is 1. The molecule has 5 N–H and O–H groups in total. The number of carbonyl (C=O) groups is 1. The summed E-state index contributed by atoms with van der Waals surface area (Å²) in [7, 11) is -2.17. The maximum Gasteiger partial charge on any atom is 0.263 e. The third-order valence-electron chi connectivity index (χ3n) is 6.38. The smallest absolute Gasteiger partial charge is 0.263 e. The van der Waals surface area contributed by atoms with Gasteiger partial charge in [-0.1, -0.05) is 41.7 Å². The van der Waals surface area contributed by atoms with E-state index >= 15 is 0 Å². The first-order valence-corrected chi connectivity index (χ1v) is 15.3. The van der Waals surface area contributed by atoms with Crippen molar-refractivity contribution in [2.75, 3.05) is 28.8 Å². The van der Waals surface area contributed by atoms with Crippen LogP contribution in [0.1, 0.15) is 15.9 Å². The van der Waals surface area contributed by atoms with E-state index in [1.165, 1.54) is 24.5 Å². The van der Waals surface area contributed by atoms with Crippen LogP contribution in [0.4, 0.5) is 31.2 Å². The monoisotopic (exact) mass is 621 g/mol. The first kappa shape index (κ1) is 29.7. The molecule has 0 aliphatic rings. The summed E-state index contributed by atoms with van der Waals surface area (Å²) in [6, 6.07) is 18.9. The van der Waals surface area contributed by atoms with E-state index in [4.69, 9.17) is 10.9 Å². The lowest BCUT2D eigenvalue weighted by atomic mass is 10.1. The zero-order chi connectivity index (χ0) is 30.7. The number of nitrogens with one attached hydrogen (secondary N) is 1. The largest absolute Gasteiger partial charge is 0.375 e. The molecule has 0 saturated heterocycles. The highest BCUT2D eigenvalue weighted by Crippen LogP contribution is 2.38. The lowest BCUT2D eigenvalue weighted by molar-refractivity contribution is 0.0985. The topological polar surface area (TPSA) is 157 Å². The molecule has 0 bridgehead atoms. The highest BCUT2D eigenvalue weighted by atomic mass is 32.2. The number of anilines is 4. The van der Waals surface area contributed by atoms with E-state index in [1.54, 1.807) is 60.8 Å². The van der Waals surface area contributed by atoms with Gasteiger partial charge in [0.15, 0.2) is 5.13 Å². The second kappa shape index (κ2) is 12.2. The number of carbonyl (C=O) groups excluding carboxylic acids is 1. The summed E-state index contributed by atoms with van der Waals surface area (Å²) in [5.41, 5.74) is 8.88. The van der Waals surface area contributed by atoms with Crippen molar-refractivity contribution in [3.8, 4) is 21.8 Å².